The smallest absolute Gasteiger partial charge is 0.351 e. The van der Waals surface area contributed by atoms with Gasteiger partial charge in [0.1, 0.15) is 17.0 Å². The van der Waals surface area contributed by atoms with Gasteiger partial charge in [0, 0.05) is 29.8 Å². The van der Waals surface area contributed by atoms with E-state index in [4.69, 9.17) is 16.1 Å². The largest absolute Gasteiger partial charge is 0.416 e. The summed E-state index contributed by atoms with van der Waals surface area (Å²) in [5.41, 5.74) is -0.190. The van der Waals surface area contributed by atoms with Gasteiger partial charge in [0.15, 0.2) is 11.5 Å². The summed E-state index contributed by atoms with van der Waals surface area (Å²) in [4.78, 5) is 37.2. The van der Waals surface area contributed by atoms with Crippen LogP contribution in [0.3, 0.4) is 0 Å². The lowest BCUT2D eigenvalue weighted by Gasteiger charge is -2.13. The summed E-state index contributed by atoms with van der Waals surface area (Å²) in [5, 5.41) is 11.7. The molecule has 0 fully saturated rings. The first-order valence-corrected chi connectivity index (χ1v) is 11.3. The van der Waals surface area contributed by atoms with Gasteiger partial charge in [0.25, 0.3) is 11.8 Å². The van der Waals surface area contributed by atoms with Gasteiger partial charge in [-0.25, -0.2) is 9.97 Å². The van der Waals surface area contributed by atoms with Crippen LogP contribution in [0.25, 0.3) is 0 Å². The van der Waals surface area contributed by atoms with E-state index in [-0.39, 0.29) is 39.2 Å². The van der Waals surface area contributed by atoms with Gasteiger partial charge in [-0.05, 0) is 43.7 Å². The van der Waals surface area contributed by atoms with Crippen molar-refractivity contribution >= 4 is 40.6 Å². The normalized spacial score (nSPS) is 12.1. The molecule has 3 N–H and O–H groups in total. The van der Waals surface area contributed by atoms with E-state index in [0.717, 1.165) is 6.07 Å². The lowest BCUT2D eigenvalue weighted by Crippen LogP contribution is -2.28. The molecule has 3 aromatic heterocycles. The minimum atomic E-state index is -4.57. The molecule has 0 bridgehead atoms. The number of aryl methyl sites for hydroxylation is 1. The molecule has 38 heavy (non-hydrogen) atoms. The minimum absolute atomic E-state index is 0.0195. The Balaban J connectivity index is 1.43. The average molecular weight is 546 g/mol. The number of halogens is 4. The van der Waals surface area contributed by atoms with Crippen LogP contribution in [0.2, 0.25) is 5.02 Å². The highest BCUT2D eigenvalue weighted by Crippen LogP contribution is 2.33. The highest BCUT2D eigenvalue weighted by molar-refractivity contribution is 6.35. The van der Waals surface area contributed by atoms with E-state index in [1.807, 2.05) is 0 Å². The molecular weight excluding hydrogens is 527 g/mol. The number of carbonyl (C=O) groups is 2. The predicted molar refractivity (Wildman–Crippen MR) is 131 cm³/mol. The third kappa shape index (κ3) is 6.06. The van der Waals surface area contributed by atoms with Gasteiger partial charge in [-0.3, -0.25) is 14.6 Å². The van der Waals surface area contributed by atoms with E-state index < -0.39 is 29.6 Å². The summed E-state index contributed by atoms with van der Waals surface area (Å²) in [6, 6.07) is 7.31. The van der Waals surface area contributed by atoms with Crippen molar-refractivity contribution in [1.82, 2.24) is 25.4 Å². The molecule has 196 valence electrons. The van der Waals surface area contributed by atoms with Gasteiger partial charge in [0.2, 0.25) is 5.76 Å². The van der Waals surface area contributed by atoms with Crippen LogP contribution in [0.15, 0.2) is 59.6 Å². The highest BCUT2D eigenvalue weighted by atomic mass is 35.5. The Kier molecular flexibility index (Phi) is 7.57. The molecule has 10 nitrogen and oxygen atoms in total. The minimum Gasteiger partial charge on any atom is -0.351 e. The first kappa shape index (κ1) is 26.5. The Hall–Kier alpha value is -4.52. The molecule has 0 aliphatic heterocycles. The van der Waals surface area contributed by atoms with Crippen molar-refractivity contribution in [2.24, 2.45) is 0 Å². The molecule has 1 unspecified atom stereocenters. The van der Waals surface area contributed by atoms with Gasteiger partial charge < -0.3 is 20.5 Å². The van der Waals surface area contributed by atoms with E-state index in [9.17, 15) is 22.8 Å². The van der Waals surface area contributed by atoms with Gasteiger partial charge in [0.05, 0.1) is 11.6 Å². The second-order valence-corrected chi connectivity index (χ2v) is 8.42. The summed E-state index contributed by atoms with van der Waals surface area (Å²) in [7, 11) is 0. The monoisotopic (exact) mass is 545 g/mol. The van der Waals surface area contributed by atoms with Crippen molar-refractivity contribution in [2.45, 2.75) is 26.1 Å². The lowest BCUT2D eigenvalue weighted by molar-refractivity contribution is -0.138. The molecule has 3 heterocycles. The van der Waals surface area contributed by atoms with Crippen LogP contribution in [-0.4, -0.2) is 31.9 Å². The molecule has 0 aliphatic rings. The molecule has 0 spiro atoms. The molecule has 0 aliphatic carbocycles. The second kappa shape index (κ2) is 10.8. The molecule has 2 amide bonds. The number of hydrogen-bond acceptors (Lipinski definition) is 8. The lowest BCUT2D eigenvalue weighted by atomic mass is 10.1. The van der Waals surface area contributed by atoms with Crippen molar-refractivity contribution in [3.8, 4) is 0 Å². The molecule has 0 saturated heterocycles. The van der Waals surface area contributed by atoms with Crippen molar-refractivity contribution in [3.05, 3.63) is 88.4 Å². The maximum absolute atomic E-state index is 13.2. The molecule has 14 heteroatoms. The molecule has 1 atom stereocenters. The summed E-state index contributed by atoms with van der Waals surface area (Å²) in [6.07, 6.45) is -0.261. The topological polar surface area (TPSA) is 135 Å². The first-order chi connectivity index (χ1) is 18.0. The zero-order valence-corrected chi connectivity index (χ0v) is 20.6. The number of nitrogens with one attached hydrogen (secondary N) is 3. The fourth-order valence-electron chi connectivity index (χ4n) is 3.32. The number of pyridine rings is 1. The van der Waals surface area contributed by atoms with Crippen LogP contribution in [-0.2, 0) is 6.18 Å². The summed E-state index contributed by atoms with van der Waals surface area (Å²) in [6.45, 7) is 2.90. The molecule has 1 aromatic carbocycles. The van der Waals surface area contributed by atoms with Gasteiger partial charge in [-0.1, -0.05) is 22.8 Å². The van der Waals surface area contributed by atoms with Gasteiger partial charge in [-0.2, -0.15) is 13.2 Å². The Bertz CT molecular complexity index is 1480. The number of amides is 2. The molecule has 4 aromatic rings. The van der Waals surface area contributed by atoms with Crippen molar-refractivity contribution in [2.75, 3.05) is 10.6 Å². The molecule has 4 rings (SSSR count). The second-order valence-electron chi connectivity index (χ2n) is 8.04. The molecule has 0 saturated carbocycles. The number of benzene rings is 1. The van der Waals surface area contributed by atoms with E-state index in [1.54, 1.807) is 31.5 Å². The Morgan fingerprint density at radius 3 is 2.47 bits per heavy atom. The zero-order chi connectivity index (χ0) is 27.4. The fourth-order valence-corrected chi connectivity index (χ4v) is 3.55. The van der Waals surface area contributed by atoms with E-state index in [2.05, 4.69) is 36.1 Å². The van der Waals surface area contributed by atoms with Crippen molar-refractivity contribution < 1.29 is 27.3 Å². The number of carbonyl (C=O) groups excluding carboxylic acids is 2. The number of rotatable bonds is 7. The van der Waals surface area contributed by atoms with E-state index >= 15 is 0 Å². The standard InChI is InChI=1S/C24H19ClF3N7O3/c1-12-3-4-15(9-16(12)24(26,27)28)34-22(36)18-10-17(35-38-18)13(2)32-23(37)20-19(25)21(31-11-30-20)33-14-5-7-29-8-6-14/h3-11,13H,1-2H3,(H,32,37)(H,34,36)(H,29,30,31,33). The van der Waals surface area contributed by atoms with Crippen LogP contribution in [0, 0.1) is 6.92 Å². The number of hydrogen-bond donors (Lipinski definition) is 3. The van der Waals surface area contributed by atoms with Crippen molar-refractivity contribution in [3.63, 3.8) is 0 Å². The van der Waals surface area contributed by atoms with Gasteiger partial charge in [-0.15, -0.1) is 0 Å². The Labute approximate surface area is 218 Å². The average Bonchev–Trinajstić information content (AvgIpc) is 3.37. The van der Waals surface area contributed by atoms with Crippen LogP contribution in [0.5, 0.6) is 0 Å². The fraction of sp³-hybridized carbons (Fsp3) is 0.167. The predicted octanol–water partition coefficient (Wildman–Crippen LogP) is 5.33. The van der Waals surface area contributed by atoms with Crippen LogP contribution in [0.1, 0.15) is 50.8 Å². The van der Waals surface area contributed by atoms with Crippen LogP contribution in [0.4, 0.5) is 30.4 Å². The number of aromatic nitrogens is 4. The SMILES string of the molecule is Cc1ccc(NC(=O)c2cc(C(C)NC(=O)c3ncnc(Nc4ccncc4)c3Cl)no2)cc1C(F)(F)F. The van der Waals surface area contributed by atoms with Crippen molar-refractivity contribution in [1.29, 1.82) is 0 Å². The van der Waals surface area contributed by atoms with Crippen LogP contribution < -0.4 is 16.0 Å². The first-order valence-electron chi connectivity index (χ1n) is 11.0. The zero-order valence-electron chi connectivity index (χ0n) is 19.8. The third-order valence-corrected chi connectivity index (χ3v) is 5.65. The van der Waals surface area contributed by atoms with Crippen LogP contribution >= 0.6 is 11.6 Å². The quantitative estimate of drug-likeness (QED) is 0.284. The third-order valence-electron chi connectivity index (χ3n) is 5.29. The maximum atomic E-state index is 13.2. The number of nitrogens with zero attached hydrogens (tertiary/aromatic N) is 4. The molecular formula is C24H19ClF3N7O3. The molecule has 0 radical (unpaired) electrons. The number of anilines is 3. The summed E-state index contributed by atoms with van der Waals surface area (Å²) >= 11 is 6.33. The van der Waals surface area contributed by atoms with E-state index in [1.165, 1.54) is 31.5 Å². The maximum Gasteiger partial charge on any atom is 0.416 e. The highest BCUT2D eigenvalue weighted by Gasteiger charge is 2.32. The van der Waals surface area contributed by atoms with Gasteiger partial charge >= 0.3 is 6.18 Å². The Morgan fingerprint density at radius 1 is 1.03 bits per heavy atom. The summed E-state index contributed by atoms with van der Waals surface area (Å²) in [5.74, 6) is -1.52. The van der Waals surface area contributed by atoms with E-state index in [0.29, 0.717) is 5.69 Å². The Morgan fingerprint density at radius 2 is 1.76 bits per heavy atom. The number of alkyl halides is 3. The summed E-state index contributed by atoms with van der Waals surface area (Å²) < 4.78 is 44.5.